The van der Waals surface area contributed by atoms with Gasteiger partial charge in [-0.2, -0.15) is 0 Å². The molecule has 1 aliphatic rings. The molecular formula is C12H15NO2S. The van der Waals surface area contributed by atoms with Crippen LogP contribution in [0.15, 0.2) is 29.2 Å². The Morgan fingerprint density at radius 1 is 1.50 bits per heavy atom. The SMILES string of the molecule is CC(N)C(=O)c1ccccc1SC1COC1. The van der Waals surface area contributed by atoms with E-state index in [4.69, 9.17) is 10.5 Å². The van der Waals surface area contributed by atoms with Gasteiger partial charge in [-0.3, -0.25) is 4.79 Å². The summed E-state index contributed by atoms with van der Waals surface area (Å²) in [5, 5.41) is 0.474. The van der Waals surface area contributed by atoms with Crippen molar-refractivity contribution >= 4 is 17.5 Å². The van der Waals surface area contributed by atoms with Gasteiger partial charge in [-0.1, -0.05) is 18.2 Å². The Labute approximate surface area is 99.4 Å². The van der Waals surface area contributed by atoms with Crippen LogP contribution in [0.25, 0.3) is 0 Å². The molecule has 1 heterocycles. The number of hydrogen-bond acceptors (Lipinski definition) is 4. The van der Waals surface area contributed by atoms with Crippen LogP contribution >= 0.6 is 11.8 Å². The molecule has 1 aromatic rings. The molecule has 0 aromatic heterocycles. The molecule has 1 aliphatic heterocycles. The molecule has 86 valence electrons. The summed E-state index contributed by atoms with van der Waals surface area (Å²) in [5.74, 6) is 0.00309. The van der Waals surface area contributed by atoms with E-state index in [1.54, 1.807) is 18.7 Å². The summed E-state index contributed by atoms with van der Waals surface area (Å²) in [7, 11) is 0. The lowest BCUT2D eigenvalue weighted by molar-refractivity contribution is 0.0455. The number of ketones is 1. The summed E-state index contributed by atoms with van der Waals surface area (Å²) in [4.78, 5) is 12.9. The second kappa shape index (κ2) is 4.99. The number of ether oxygens (including phenoxy) is 1. The Bertz CT molecular complexity index is 388. The number of nitrogens with two attached hydrogens (primary N) is 1. The smallest absolute Gasteiger partial charge is 0.180 e. The van der Waals surface area contributed by atoms with E-state index in [2.05, 4.69) is 0 Å². The fourth-order valence-corrected chi connectivity index (χ4v) is 2.62. The Morgan fingerprint density at radius 2 is 2.19 bits per heavy atom. The predicted octanol–water partition coefficient (Wildman–Crippen LogP) is 1.71. The summed E-state index contributed by atoms with van der Waals surface area (Å²) < 4.78 is 5.12. The zero-order valence-electron chi connectivity index (χ0n) is 9.18. The molecule has 0 aliphatic carbocycles. The van der Waals surface area contributed by atoms with Crippen LogP contribution in [0.3, 0.4) is 0 Å². The molecule has 2 rings (SSSR count). The second-order valence-electron chi connectivity index (χ2n) is 3.93. The van der Waals surface area contributed by atoms with E-state index >= 15 is 0 Å². The first-order valence-corrected chi connectivity index (χ1v) is 6.19. The molecule has 1 saturated heterocycles. The molecule has 0 spiro atoms. The van der Waals surface area contributed by atoms with Gasteiger partial charge in [-0.15, -0.1) is 11.8 Å². The van der Waals surface area contributed by atoms with E-state index in [0.717, 1.165) is 23.7 Å². The van der Waals surface area contributed by atoms with Crippen molar-refractivity contribution in [2.24, 2.45) is 5.73 Å². The van der Waals surface area contributed by atoms with E-state index in [1.165, 1.54) is 0 Å². The first-order chi connectivity index (χ1) is 7.68. The summed E-state index contributed by atoms with van der Waals surface area (Å²) in [6, 6.07) is 7.18. The van der Waals surface area contributed by atoms with Gasteiger partial charge in [-0.05, 0) is 13.0 Å². The van der Waals surface area contributed by atoms with Gasteiger partial charge in [-0.25, -0.2) is 0 Å². The summed E-state index contributed by atoms with van der Waals surface area (Å²) in [6.07, 6.45) is 0. The third-order valence-corrected chi connectivity index (χ3v) is 3.68. The fraction of sp³-hybridized carbons (Fsp3) is 0.417. The number of thioether (sulfide) groups is 1. The molecular weight excluding hydrogens is 222 g/mol. The Morgan fingerprint density at radius 3 is 2.75 bits per heavy atom. The number of carbonyl (C=O) groups is 1. The average Bonchev–Trinajstić information content (AvgIpc) is 2.23. The van der Waals surface area contributed by atoms with Crippen molar-refractivity contribution in [3.63, 3.8) is 0 Å². The van der Waals surface area contributed by atoms with E-state index in [9.17, 15) is 4.79 Å². The molecule has 0 saturated carbocycles. The molecule has 4 heteroatoms. The van der Waals surface area contributed by atoms with Crippen molar-refractivity contribution in [2.45, 2.75) is 23.1 Å². The van der Waals surface area contributed by atoms with Crippen molar-refractivity contribution in [2.75, 3.05) is 13.2 Å². The lowest BCUT2D eigenvalue weighted by atomic mass is 10.1. The van der Waals surface area contributed by atoms with Gasteiger partial charge in [0.1, 0.15) is 0 Å². The van der Waals surface area contributed by atoms with Crippen LogP contribution in [-0.2, 0) is 4.74 Å². The van der Waals surface area contributed by atoms with Crippen LogP contribution in [0.4, 0.5) is 0 Å². The fourth-order valence-electron chi connectivity index (χ4n) is 1.48. The topological polar surface area (TPSA) is 52.3 Å². The first-order valence-electron chi connectivity index (χ1n) is 5.31. The molecule has 16 heavy (non-hydrogen) atoms. The molecule has 3 nitrogen and oxygen atoms in total. The van der Waals surface area contributed by atoms with Gasteiger partial charge in [0.2, 0.25) is 0 Å². The molecule has 0 amide bonds. The van der Waals surface area contributed by atoms with Gasteiger partial charge < -0.3 is 10.5 Å². The first kappa shape index (κ1) is 11.6. The van der Waals surface area contributed by atoms with Crippen LogP contribution in [0.5, 0.6) is 0 Å². The minimum Gasteiger partial charge on any atom is -0.379 e. The highest BCUT2D eigenvalue weighted by Gasteiger charge is 2.22. The van der Waals surface area contributed by atoms with Crippen LogP contribution in [0.1, 0.15) is 17.3 Å². The van der Waals surface area contributed by atoms with Gasteiger partial charge in [0.25, 0.3) is 0 Å². The minimum atomic E-state index is -0.445. The van der Waals surface area contributed by atoms with Crippen LogP contribution in [0.2, 0.25) is 0 Å². The van der Waals surface area contributed by atoms with Crippen molar-refractivity contribution in [3.8, 4) is 0 Å². The minimum absolute atomic E-state index is 0.00309. The Balaban J connectivity index is 2.19. The van der Waals surface area contributed by atoms with Crippen LogP contribution < -0.4 is 5.73 Å². The number of benzene rings is 1. The molecule has 1 aromatic carbocycles. The molecule has 1 fully saturated rings. The summed E-state index contributed by atoms with van der Waals surface area (Å²) in [5.41, 5.74) is 6.36. The Hall–Kier alpha value is -0.840. The normalized spacial score (nSPS) is 17.9. The van der Waals surface area contributed by atoms with Gasteiger partial charge in [0, 0.05) is 10.5 Å². The average molecular weight is 237 g/mol. The maximum Gasteiger partial charge on any atom is 0.180 e. The lowest BCUT2D eigenvalue weighted by Gasteiger charge is -2.26. The third kappa shape index (κ3) is 2.45. The van der Waals surface area contributed by atoms with Gasteiger partial charge in [0.05, 0.1) is 24.5 Å². The van der Waals surface area contributed by atoms with Crippen molar-refractivity contribution < 1.29 is 9.53 Å². The maximum absolute atomic E-state index is 11.9. The van der Waals surface area contributed by atoms with Crippen LogP contribution in [-0.4, -0.2) is 30.3 Å². The van der Waals surface area contributed by atoms with Crippen molar-refractivity contribution in [1.82, 2.24) is 0 Å². The Kier molecular flexibility index (Phi) is 3.63. The number of Topliss-reactive ketones (excluding diaryl/α,β-unsaturated/α-hetero) is 1. The quantitative estimate of drug-likeness (QED) is 0.810. The standard InChI is InChI=1S/C12H15NO2S/c1-8(13)12(14)10-4-2-3-5-11(10)16-9-6-15-7-9/h2-5,8-9H,6-7,13H2,1H3. The number of rotatable bonds is 4. The van der Waals surface area contributed by atoms with Crippen molar-refractivity contribution in [1.29, 1.82) is 0 Å². The zero-order valence-corrected chi connectivity index (χ0v) is 10.00. The molecule has 0 bridgehead atoms. The van der Waals surface area contributed by atoms with E-state index < -0.39 is 6.04 Å². The number of carbonyl (C=O) groups excluding carboxylic acids is 1. The summed E-state index contributed by atoms with van der Waals surface area (Å²) >= 11 is 1.70. The molecule has 0 radical (unpaired) electrons. The second-order valence-corrected chi connectivity index (χ2v) is 5.27. The third-order valence-electron chi connectivity index (χ3n) is 2.47. The largest absolute Gasteiger partial charge is 0.379 e. The molecule has 2 N–H and O–H groups in total. The number of hydrogen-bond donors (Lipinski definition) is 1. The highest BCUT2D eigenvalue weighted by Crippen LogP contribution is 2.30. The lowest BCUT2D eigenvalue weighted by Crippen LogP contribution is -2.31. The highest BCUT2D eigenvalue weighted by molar-refractivity contribution is 8.00. The van der Waals surface area contributed by atoms with Crippen LogP contribution in [0, 0.1) is 0 Å². The van der Waals surface area contributed by atoms with Gasteiger partial charge in [0.15, 0.2) is 5.78 Å². The van der Waals surface area contributed by atoms with E-state index in [-0.39, 0.29) is 5.78 Å². The summed E-state index contributed by atoms with van der Waals surface area (Å²) in [6.45, 7) is 3.26. The zero-order chi connectivity index (χ0) is 11.5. The molecule has 1 atom stereocenters. The van der Waals surface area contributed by atoms with E-state index in [0.29, 0.717) is 5.25 Å². The van der Waals surface area contributed by atoms with Gasteiger partial charge >= 0.3 is 0 Å². The maximum atomic E-state index is 11.9. The predicted molar refractivity (Wildman–Crippen MR) is 64.9 cm³/mol. The van der Waals surface area contributed by atoms with E-state index in [1.807, 2.05) is 24.3 Å². The monoisotopic (exact) mass is 237 g/mol. The molecule has 1 unspecified atom stereocenters. The highest BCUT2D eigenvalue weighted by atomic mass is 32.2. The van der Waals surface area contributed by atoms with Crippen molar-refractivity contribution in [3.05, 3.63) is 29.8 Å².